The lowest BCUT2D eigenvalue weighted by atomic mass is 10.1. The Balaban J connectivity index is 1.45. The maximum absolute atomic E-state index is 12.1. The monoisotopic (exact) mass is 365 g/mol. The second kappa shape index (κ2) is 8.89. The summed E-state index contributed by atoms with van der Waals surface area (Å²) in [6.45, 7) is 2.68. The Bertz CT molecular complexity index is 891. The molecule has 2 amide bonds. The molecule has 0 saturated heterocycles. The van der Waals surface area contributed by atoms with Crippen molar-refractivity contribution in [3.63, 3.8) is 0 Å². The zero-order valence-electron chi connectivity index (χ0n) is 15.4. The van der Waals surface area contributed by atoms with Gasteiger partial charge in [-0.3, -0.25) is 4.98 Å². The molecule has 0 saturated carbocycles. The van der Waals surface area contributed by atoms with Gasteiger partial charge in [-0.1, -0.05) is 30.3 Å². The summed E-state index contributed by atoms with van der Waals surface area (Å²) in [4.78, 5) is 16.4. The van der Waals surface area contributed by atoms with Crippen molar-refractivity contribution in [1.82, 2.24) is 15.6 Å². The van der Waals surface area contributed by atoms with Crippen molar-refractivity contribution in [3.8, 4) is 11.5 Å². The van der Waals surface area contributed by atoms with E-state index in [1.165, 1.54) is 0 Å². The van der Waals surface area contributed by atoms with Crippen molar-refractivity contribution >= 4 is 16.9 Å². The second-order valence-electron chi connectivity index (χ2n) is 6.07. The van der Waals surface area contributed by atoms with Gasteiger partial charge >= 0.3 is 6.03 Å². The molecule has 1 aromatic heterocycles. The number of pyridine rings is 1. The Hall–Kier alpha value is -3.28. The lowest BCUT2D eigenvalue weighted by Gasteiger charge is -2.16. The maximum Gasteiger partial charge on any atom is 0.315 e. The number of para-hydroxylation sites is 1. The summed E-state index contributed by atoms with van der Waals surface area (Å²) in [5.41, 5.74) is 1.82. The predicted molar refractivity (Wildman–Crippen MR) is 105 cm³/mol. The number of benzene rings is 2. The molecule has 140 valence electrons. The number of amides is 2. The van der Waals surface area contributed by atoms with Crippen molar-refractivity contribution in [2.45, 2.75) is 13.0 Å². The van der Waals surface area contributed by atoms with Gasteiger partial charge in [0, 0.05) is 11.6 Å². The third kappa shape index (κ3) is 4.88. The fourth-order valence-electron chi connectivity index (χ4n) is 2.74. The van der Waals surface area contributed by atoms with E-state index in [1.807, 2.05) is 61.5 Å². The Morgan fingerprint density at radius 2 is 1.89 bits per heavy atom. The molecule has 2 N–H and O–H groups in total. The van der Waals surface area contributed by atoms with E-state index in [1.54, 1.807) is 13.3 Å². The number of nitrogens with zero attached hydrogens (tertiary/aromatic N) is 1. The highest BCUT2D eigenvalue weighted by molar-refractivity contribution is 5.84. The lowest BCUT2D eigenvalue weighted by molar-refractivity contribution is 0.233. The van der Waals surface area contributed by atoms with E-state index in [9.17, 15) is 4.79 Å². The minimum absolute atomic E-state index is 0.112. The molecule has 0 unspecified atom stereocenters. The summed E-state index contributed by atoms with van der Waals surface area (Å²) in [6.07, 6.45) is 1.74. The van der Waals surface area contributed by atoms with Crippen LogP contribution in [0.1, 0.15) is 18.5 Å². The average Bonchev–Trinajstić information content (AvgIpc) is 2.71. The van der Waals surface area contributed by atoms with Crippen LogP contribution < -0.4 is 20.1 Å². The van der Waals surface area contributed by atoms with Crippen LogP contribution in [-0.2, 0) is 0 Å². The fraction of sp³-hybridized carbons (Fsp3) is 0.238. The summed E-state index contributed by atoms with van der Waals surface area (Å²) < 4.78 is 10.9. The molecule has 1 atom stereocenters. The summed E-state index contributed by atoms with van der Waals surface area (Å²) in [5, 5.41) is 6.73. The summed E-state index contributed by atoms with van der Waals surface area (Å²) >= 11 is 0. The first kappa shape index (κ1) is 18.5. The van der Waals surface area contributed by atoms with E-state index in [0.717, 1.165) is 22.2 Å². The first-order valence-corrected chi connectivity index (χ1v) is 8.82. The van der Waals surface area contributed by atoms with Crippen LogP contribution in [0.25, 0.3) is 10.9 Å². The SMILES string of the molecule is COc1ccc([C@@H](C)NC(=O)NCCOc2cccc3cccnc23)cc1. The molecule has 3 aromatic rings. The number of ether oxygens (including phenoxy) is 2. The minimum Gasteiger partial charge on any atom is -0.497 e. The van der Waals surface area contributed by atoms with Crippen molar-refractivity contribution in [1.29, 1.82) is 0 Å². The van der Waals surface area contributed by atoms with Gasteiger partial charge in [-0.15, -0.1) is 0 Å². The highest BCUT2D eigenvalue weighted by Crippen LogP contribution is 2.22. The zero-order valence-corrected chi connectivity index (χ0v) is 15.4. The first-order valence-electron chi connectivity index (χ1n) is 8.82. The van der Waals surface area contributed by atoms with Crippen LogP contribution in [0.3, 0.4) is 0 Å². The van der Waals surface area contributed by atoms with Crippen molar-refractivity contribution < 1.29 is 14.3 Å². The quantitative estimate of drug-likeness (QED) is 0.627. The van der Waals surface area contributed by atoms with Gasteiger partial charge in [-0.25, -0.2) is 4.79 Å². The van der Waals surface area contributed by atoms with Gasteiger partial charge in [0.15, 0.2) is 0 Å². The van der Waals surface area contributed by atoms with Crippen molar-refractivity contribution in [3.05, 3.63) is 66.4 Å². The van der Waals surface area contributed by atoms with Crippen LogP contribution in [0.15, 0.2) is 60.8 Å². The van der Waals surface area contributed by atoms with E-state index >= 15 is 0 Å². The molecular weight excluding hydrogens is 342 g/mol. The molecule has 3 rings (SSSR count). The number of hydrogen-bond donors (Lipinski definition) is 2. The molecule has 0 radical (unpaired) electrons. The third-order valence-electron chi connectivity index (χ3n) is 4.20. The molecule has 0 bridgehead atoms. The number of carbonyl (C=O) groups is 1. The van der Waals surface area contributed by atoms with Crippen LogP contribution >= 0.6 is 0 Å². The van der Waals surface area contributed by atoms with E-state index < -0.39 is 0 Å². The normalized spacial score (nSPS) is 11.6. The van der Waals surface area contributed by atoms with E-state index in [0.29, 0.717) is 18.9 Å². The summed E-state index contributed by atoms with van der Waals surface area (Å²) in [6, 6.07) is 16.9. The van der Waals surface area contributed by atoms with Gasteiger partial charge in [0.2, 0.25) is 0 Å². The number of hydrogen-bond acceptors (Lipinski definition) is 4. The number of urea groups is 1. The number of rotatable bonds is 7. The van der Waals surface area contributed by atoms with Crippen LogP contribution in [0, 0.1) is 0 Å². The smallest absolute Gasteiger partial charge is 0.315 e. The minimum atomic E-state index is -0.238. The molecule has 1 heterocycles. The van der Waals surface area contributed by atoms with Gasteiger partial charge in [0.25, 0.3) is 0 Å². The fourth-order valence-corrected chi connectivity index (χ4v) is 2.74. The lowest BCUT2D eigenvalue weighted by Crippen LogP contribution is -2.38. The molecule has 27 heavy (non-hydrogen) atoms. The largest absolute Gasteiger partial charge is 0.497 e. The number of fused-ring (bicyclic) bond motifs is 1. The van der Waals surface area contributed by atoms with Crippen LogP contribution in [-0.4, -0.2) is 31.3 Å². The second-order valence-corrected chi connectivity index (χ2v) is 6.07. The van der Waals surface area contributed by atoms with E-state index in [4.69, 9.17) is 9.47 Å². The van der Waals surface area contributed by atoms with Gasteiger partial charge in [0.1, 0.15) is 23.6 Å². The van der Waals surface area contributed by atoms with Crippen molar-refractivity contribution in [2.24, 2.45) is 0 Å². The highest BCUT2D eigenvalue weighted by Gasteiger charge is 2.09. The topological polar surface area (TPSA) is 72.5 Å². The molecule has 6 heteroatoms. The molecule has 2 aromatic carbocycles. The zero-order chi connectivity index (χ0) is 19.1. The average molecular weight is 365 g/mol. The van der Waals surface area contributed by atoms with Crippen LogP contribution in [0.4, 0.5) is 4.79 Å². The number of carbonyl (C=O) groups excluding carboxylic acids is 1. The van der Waals surface area contributed by atoms with Gasteiger partial charge in [0.05, 0.1) is 19.7 Å². The Morgan fingerprint density at radius 3 is 2.67 bits per heavy atom. The predicted octanol–water partition coefficient (Wildman–Crippen LogP) is 3.68. The third-order valence-corrected chi connectivity index (χ3v) is 4.20. The number of nitrogens with one attached hydrogen (secondary N) is 2. The highest BCUT2D eigenvalue weighted by atomic mass is 16.5. The van der Waals surface area contributed by atoms with Crippen LogP contribution in [0.2, 0.25) is 0 Å². The van der Waals surface area contributed by atoms with Gasteiger partial charge in [-0.05, 0) is 36.8 Å². The van der Waals surface area contributed by atoms with E-state index in [-0.39, 0.29) is 12.1 Å². The Labute approximate surface area is 158 Å². The molecule has 0 fully saturated rings. The molecule has 0 aliphatic rings. The van der Waals surface area contributed by atoms with Gasteiger partial charge in [-0.2, -0.15) is 0 Å². The van der Waals surface area contributed by atoms with Gasteiger partial charge < -0.3 is 20.1 Å². The Morgan fingerprint density at radius 1 is 1.11 bits per heavy atom. The first-order chi connectivity index (χ1) is 13.2. The number of methoxy groups -OCH3 is 1. The summed E-state index contributed by atoms with van der Waals surface area (Å²) in [7, 11) is 1.63. The maximum atomic E-state index is 12.1. The Kier molecular flexibility index (Phi) is 6.10. The molecule has 6 nitrogen and oxygen atoms in total. The molecular formula is C21H23N3O3. The number of aromatic nitrogens is 1. The molecule has 0 aliphatic heterocycles. The molecule has 0 aliphatic carbocycles. The van der Waals surface area contributed by atoms with E-state index in [2.05, 4.69) is 15.6 Å². The molecule has 0 spiro atoms. The van der Waals surface area contributed by atoms with Crippen molar-refractivity contribution in [2.75, 3.05) is 20.3 Å². The summed E-state index contributed by atoms with van der Waals surface area (Å²) in [5.74, 6) is 1.50. The van der Waals surface area contributed by atoms with Crippen LogP contribution in [0.5, 0.6) is 11.5 Å². The standard InChI is InChI=1S/C21H23N3O3/c1-15(16-8-10-18(26-2)11-9-16)24-21(25)23-13-14-27-19-7-3-5-17-6-4-12-22-20(17)19/h3-12,15H,13-14H2,1-2H3,(H2,23,24,25)/t15-/m1/s1.